The van der Waals surface area contributed by atoms with Crippen LogP contribution >= 0.6 is 0 Å². The lowest BCUT2D eigenvalue weighted by atomic mass is 9.81. The predicted molar refractivity (Wildman–Crippen MR) is 140 cm³/mol. The maximum absolute atomic E-state index is 9.80. The van der Waals surface area contributed by atoms with E-state index in [1.165, 1.54) is 35.1 Å². The molecule has 2 fully saturated rings. The van der Waals surface area contributed by atoms with Crippen LogP contribution in [-0.4, -0.2) is 36.9 Å². The highest BCUT2D eigenvalue weighted by atomic mass is 16.5. The Kier molecular flexibility index (Phi) is 6.95. The second-order valence-corrected chi connectivity index (χ2v) is 10.2. The fourth-order valence-electron chi connectivity index (χ4n) is 5.31. The first-order valence-corrected chi connectivity index (χ1v) is 12.8. The van der Waals surface area contributed by atoms with E-state index in [9.17, 15) is 5.26 Å². The summed E-state index contributed by atoms with van der Waals surface area (Å²) in [5.41, 5.74) is 11.4. The Hall–Kier alpha value is -3.07. The van der Waals surface area contributed by atoms with E-state index < -0.39 is 0 Å². The van der Waals surface area contributed by atoms with Gasteiger partial charge in [0.15, 0.2) is 0 Å². The zero-order chi connectivity index (χ0) is 24.4. The Morgan fingerprint density at radius 1 is 1.20 bits per heavy atom. The van der Waals surface area contributed by atoms with E-state index in [4.69, 9.17) is 9.47 Å². The molecule has 5 heteroatoms. The van der Waals surface area contributed by atoms with Crippen LogP contribution in [0.15, 0.2) is 53.7 Å². The molecule has 1 saturated heterocycles. The number of nitriles is 1. The van der Waals surface area contributed by atoms with Gasteiger partial charge in [0.25, 0.3) is 0 Å². The van der Waals surface area contributed by atoms with Crippen LogP contribution in [-0.2, 0) is 4.74 Å². The van der Waals surface area contributed by atoms with Crippen LogP contribution in [0.5, 0.6) is 5.75 Å². The van der Waals surface area contributed by atoms with Gasteiger partial charge in [0.2, 0.25) is 0 Å². The topological polar surface area (TPSA) is 57.5 Å². The van der Waals surface area contributed by atoms with Crippen molar-refractivity contribution in [1.82, 2.24) is 10.4 Å². The van der Waals surface area contributed by atoms with E-state index in [0.717, 1.165) is 36.4 Å². The molecular formula is C30H35N3O2. The smallest absolute Gasteiger partial charge is 0.137 e. The standard InChI is InChI=1S/C30H35N3O2/c1-20-13-27(14-20)33-19-26(18-32-33)21(2)15-23-5-4-6-29(22(23)3)24-7-8-30(25(16-24)17-31)35-28-9-11-34-12-10-28/h4-8,15-16,19-20,27-28,32H,9-14,18H2,1-3H3/b21-15+. The number of benzene rings is 2. The highest BCUT2D eigenvalue weighted by Crippen LogP contribution is 2.34. The highest BCUT2D eigenvalue weighted by molar-refractivity contribution is 5.75. The second-order valence-electron chi connectivity index (χ2n) is 10.2. The molecule has 0 spiro atoms. The second kappa shape index (κ2) is 10.3. The molecule has 182 valence electrons. The van der Waals surface area contributed by atoms with Gasteiger partial charge < -0.3 is 14.5 Å². The molecule has 0 unspecified atom stereocenters. The quantitative estimate of drug-likeness (QED) is 0.563. The Bertz CT molecular complexity index is 1180. The van der Waals surface area contributed by atoms with Crippen LogP contribution < -0.4 is 10.2 Å². The van der Waals surface area contributed by atoms with Crippen molar-refractivity contribution in [1.29, 1.82) is 5.26 Å². The van der Waals surface area contributed by atoms with Crippen molar-refractivity contribution in [2.24, 2.45) is 5.92 Å². The minimum absolute atomic E-state index is 0.114. The number of nitrogens with zero attached hydrogens (tertiary/aromatic N) is 2. The van der Waals surface area contributed by atoms with Crippen molar-refractivity contribution in [2.45, 2.75) is 58.6 Å². The van der Waals surface area contributed by atoms with E-state index in [0.29, 0.717) is 30.6 Å². The van der Waals surface area contributed by atoms with Crippen molar-refractivity contribution in [2.75, 3.05) is 19.8 Å². The summed E-state index contributed by atoms with van der Waals surface area (Å²) in [4.78, 5) is 0. The zero-order valence-corrected chi connectivity index (χ0v) is 21.0. The van der Waals surface area contributed by atoms with Crippen LogP contribution in [0.1, 0.15) is 56.2 Å². The van der Waals surface area contributed by atoms with E-state index in [1.807, 2.05) is 12.1 Å². The number of ether oxygens (including phenoxy) is 2. The van der Waals surface area contributed by atoms with Crippen LogP contribution in [0.25, 0.3) is 17.2 Å². The molecule has 1 saturated carbocycles. The van der Waals surface area contributed by atoms with Gasteiger partial charge in [-0.05, 0) is 78.1 Å². The number of hydrazine groups is 1. The van der Waals surface area contributed by atoms with Gasteiger partial charge in [-0.2, -0.15) is 5.26 Å². The molecular weight excluding hydrogens is 434 g/mol. The van der Waals surface area contributed by atoms with Crippen molar-refractivity contribution < 1.29 is 9.47 Å². The Morgan fingerprint density at radius 2 is 2.00 bits per heavy atom. The van der Waals surface area contributed by atoms with Gasteiger partial charge in [0.1, 0.15) is 17.9 Å². The lowest BCUT2D eigenvalue weighted by Crippen LogP contribution is -2.45. The number of hydrogen-bond donors (Lipinski definition) is 1. The van der Waals surface area contributed by atoms with E-state index in [2.05, 4.69) is 73.8 Å². The maximum Gasteiger partial charge on any atom is 0.137 e. The molecule has 5 rings (SSSR count). The van der Waals surface area contributed by atoms with Gasteiger partial charge in [-0.15, -0.1) is 0 Å². The summed E-state index contributed by atoms with van der Waals surface area (Å²) < 4.78 is 11.6. The first kappa shape index (κ1) is 23.7. The lowest BCUT2D eigenvalue weighted by Gasteiger charge is -2.39. The van der Waals surface area contributed by atoms with Crippen LogP contribution in [0, 0.1) is 24.2 Å². The largest absolute Gasteiger partial charge is 0.489 e. The maximum atomic E-state index is 9.80. The van der Waals surface area contributed by atoms with Crippen LogP contribution in [0.2, 0.25) is 0 Å². The summed E-state index contributed by atoms with van der Waals surface area (Å²) in [7, 11) is 0. The van der Waals surface area contributed by atoms with Crippen LogP contribution in [0.3, 0.4) is 0 Å². The third-order valence-corrected chi connectivity index (χ3v) is 7.62. The molecule has 3 aliphatic rings. The molecule has 1 aliphatic carbocycles. The molecule has 5 nitrogen and oxygen atoms in total. The van der Waals surface area contributed by atoms with Gasteiger partial charge in [-0.3, -0.25) is 0 Å². The summed E-state index contributed by atoms with van der Waals surface area (Å²) in [5.74, 6) is 1.50. The van der Waals surface area contributed by atoms with Gasteiger partial charge in [-0.1, -0.05) is 37.3 Å². The molecule has 2 heterocycles. The number of hydrogen-bond acceptors (Lipinski definition) is 5. The van der Waals surface area contributed by atoms with Crippen molar-refractivity contribution in [3.05, 3.63) is 70.4 Å². The summed E-state index contributed by atoms with van der Waals surface area (Å²) in [5, 5.41) is 12.1. The van der Waals surface area contributed by atoms with Gasteiger partial charge in [-0.25, -0.2) is 5.43 Å². The molecule has 2 aromatic carbocycles. The fraction of sp³-hybridized carbons (Fsp3) is 0.433. The third kappa shape index (κ3) is 5.15. The third-order valence-electron chi connectivity index (χ3n) is 7.62. The summed E-state index contributed by atoms with van der Waals surface area (Å²) in [6.07, 6.45) is 8.95. The summed E-state index contributed by atoms with van der Waals surface area (Å²) in [6, 6.07) is 15.3. The molecule has 2 aromatic rings. The van der Waals surface area contributed by atoms with E-state index >= 15 is 0 Å². The van der Waals surface area contributed by atoms with Crippen molar-refractivity contribution in [3.8, 4) is 22.9 Å². The first-order valence-electron chi connectivity index (χ1n) is 12.8. The minimum atomic E-state index is 0.114. The molecule has 1 N–H and O–H groups in total. The highest BCUT2D eigenvalue weighted by Gasteiger charge is 2.31. The Labute approximate surface area is 209 Å². The fourth-order valence-corrected chi connectivity index (χ4v) is 5.31. The Balaban J connectivity index is 1.36. The van der Waals surface area contributed by atoms with Gasteiger partial charge in [0.05, 0.1) is 18.8 Å². The molecule has 0 radical (unpaired) electrons. The normalized spacial score (nSPS) is 23.0. The average molecular weight is 470 g/mol. The van der Waals surface area contributed by atoms with Gasteiger partial charge >= 0.3 is 0 Å². The summed E-state index contributed by atoms with van der Waals surface area (Å²) in [6.45, 7) is 9.00. The monoisotopic (exact) mass is 469 g/mol. The van der Waals surface area contributed by atoms with E-state index in [-0.39, 0.29) is 6.10 Å². The molecule has 0 aromatic heterocycles. The SMILES string of the molecule is C/C(=C\c1cccc(-c2ccc(OC3CCOCC3)c(C#N)c2)c1C)C1=CN(C2CC(C)C2)NC1. The molecule has 0 amide bonds. The predicted octanol–water partition coefficient (Wildman–Crippen LogP) is 6.00. The number of nitrogens with one attached hydrogen (secondary N) is 1. The van der Waals surface area contributed by atoms with Gasteiger partial charge in [0, 0.05) is 31.6 Å². The molecule has 0 atom stereocenters. The average Bonchev–Trinajstić information content (AvgIpc) is 3.34. The first-order chi connectivity index (χ1) is 17.0. The minimum Gasteiger partial charge on any atom is -0.489 e. The molecule has 2 aliphatic heterocycles. The molecule has 0 bridgehead atoms. The van der Waals surface area contributed by atoms with Crippen molar-refractivity contribution in [3.63, 3.8) is 0 Å². The zero-order valence-electron chi connectivity index (χ0n) is 21.0. The number of rotatable bonds is 6. The lowest BCUT2D eigenvalue weighted by molar-refractivity contribution is 0.0254. The van der Waals surface area contributed by atoms with E-state index in [1.54, 1.807) is 0 Å². The summed E-state index contributed by atoms with van der Waals surface area (Å²) >= 11 is 0. The Morgan fingerprint density at radius 3 is 2.74 bits per heavy atom. The molecule has 35 heavy (non-hydrogen) atoms. The van der Waals surface area contributed by atoms with Crippen LogP contribution in [0.4, 0.5) is 0 Å². The van der Waals surface area contributed by atoms with Crippen molar-refractivity contribution >= 4 is 6.08 Å².